The summed E-state index contributed by atoms with van der Waals surface area (Å²) in [7, 11) is 0. The van der Waals surface area contributed by atoms with E-state index in [0.29, 0.717) is 6.07 Å². The van der Waals surface area contributed by atoms with Crippen molar-refractivity contribution in [2.24, 2.45) is 0 Å². The molecule has 0 radical (unpaired) electrons. The Hall–Kier alpha value is -3.43. The average molecular weight is 382 g/mol. The van der Waals surface area contributed by atoms with Crippen molar-refractivity contribution in [3.05, 3.63) is 69.0 Å². The highest BCUT2D eigenvalue weighted by molar-refractivity contribution is 5.98. The zero-order valence-corrected chi connectivity index (χ0v) is 14.1. The van der Waals surface area contributed by atoms with Crippen LogP contribution < -0.4 is 5.32 Å². The van der Waals surface area contributed by atoms with Gasteiger partial charge in [-0.1, -0.05) is 6.07 Å². The standard InChI is InChI=1S/C17H13F3N2O5/c1-8-10(4-3-5-13(8)22(25)26)17(24)27-9(2)16(23)21-12-7-6-11(18)14(19)15(12)20/h3-7,9H,1-2H3,(H,21,23)/t9-/m0/s1. The van der Waals surface area contributed by atoms with E-state index >= 15 is 0 Å². The van der Waals surface area contributed by atoms with Crippen molar-refractivity contribution in [1.29, 1.82) is 0 Å². The molecule has 0 saturated carbocycles. The Morgan fingerprint density at radius 1 is 1.15 bits per heavy atom. The molecule has 0 fully saturated rings. The molecule has 1 amide bonds. The molecular formula is C17H13F3N2O5. The number of carbonyl (C=O) groups is 2. The third-order valence-electron chi connectivity index (χ3n) is 3.67. The molecule has 10 heteroatoms. The summed E-state index contributed by atoms with van der Waals surface area (Å²) in [5.74, 6) is -6.80. The molecule has 0 aliphatic carbocycles. The minimum Gasteiger partial charge on any atom is -0.449 e. The summed E-state index contributed by atoms with van der Waals surface area (Å²) >= 11 is 0. The zero-order chi connectivity index (χ0) is 20.3. The summed E-state index contributed by atoms with van der Waals surface area (Å²) in [6, 6.07) is 5.20. The minimum absolute atomic E-state index is 0.0479. The molecule has 1 N–H and O–H groups in total. The fourth-order valence-corrected chi connectivity index (χ4v) is 2.18. The number of hydrogen-bond donors (Lipinski definition) is 1. The van der Waals surface area contributed by atoms with Gasteiger partial charge in [0, 0.05) is 11.6 Å². The number of esters is 1. The first-order valence-electron chi connectivity index (χ1n) is 7.52. The lowest BCUT2D eigenvalue weighted by Gasteiger charge is -2.15. The Morgan fingerprint density at radius 3 is 2.44 bits per heavy atom. The zero-order valence-electron chi connectivity index (χ0n) is 14.1. The van der Waals surface area contributed by atoms with E-state index in [1.165, 1.54) is 25.1 Å². The summed E-state index contributed by atoms with van der Waals surface area (Å²) in [6.07, 6.45) is -1.44. The number of nitrogens with zero attached hydrogens (tertiary/aromatic N) is 1. The van der Waals surface area contributed by atoms with Gasteiger partial charge >= 0.3 is 5.97 Å². The molecular weight excluding hydrogens is 369 g/mol. The van der Waals surface area contributed by atoms with Crippen LogP contribution in [0.1, 0.15) is 22.8 Å². The Morgan fingerprint density at radius 2 is 1.81 bits per heavy atom. The van der Waals surface area contributed by atoms with Crippen molar-refractivity contribution in [2.45, 2.75) is 20.0 Å². The molecule has 0 heterocycles. The highest BCUT2D eigenvalue weighted by Crippen LogP contribution is 2.23. The summed E-state index contributed by atoms with van der Waals surface area (Å²) in [4.78, 5) is 34.4. The molecule has 2 aromatic carbocycles. The minimum atomic E-state index is -1.76. The monoisotopic (exact) mass is 382 g/mol. The molecule has 0 saturated heterocycles. The molecule has 0 unspecified atom stereocenters. The second kappa shape index (κ2) is 7.85. The van der Waals surface area contributed by atoms with Crippen LogP contribution in [-0.2, 0) is 9.53 Å². The third kappa shape index (κ3) is 4.22. The first-order chi connectivity index (χ1) is 12.6. The molecule has 2 aromatic rings. The fourth-order valence-electron chi connectivity index (χ4n) is 2.18. The number of carbonyl (C=O) groups excluding carboxylic acids is 2. The molecule has 0 aliphatic rings. The topological polar surface area (TPSA) is 98.5 Å². The van der Waals surface area contributed by atoms with Gasteiger partial charge in [-0.05, 0) is 32.0 Å². The molecule has 0 aromatic heterocycles. The van der Waals surface area contributed by atoms with Gasteiger partial charge in [0.1, 0.15) is 0 Å². The number of hydrogen-bond acceptors (Lipinski definition) is 5. The summed E-state index contributed by atoms with van der Waals surface area (Å²) in [5.41, 5.74) is -1.01. The lowest BCUT2D eigenvalue weighted by Crippen LogP contribution is -2.30. The number of nitro benzene ring substituents is 1. The van der Waals surface area contributed by atoms with Gasteiger partial charge in [-0.15, -0.1) is 0 Å². The summed E-state index contributed by atoms with van der Waals surface area (Å²) < 4.78 is 44.6. The van der Waals surface area contributed by atoms with E-state index in [0.717, 1.165) is 13.0 Å². The maximum Gasteiger partial charge on any atom is 0.339 e. The molecule has 0 aliphatic heterocycles. The van der Waals surface area contributed by atoms with Gasteiger partial charge < -0.3 is 10.1 Å². The molecule has 27 heavy (non-hydrogen) atoms. The van der Waals surface area contributed by atoms with Crippen LogP contribution in [0, 0.1) is 34.5 Å². The average Bonchev–Trinajstić information content (AvgIpc) is 2.61. The highest BCUT2D eigenvalue weighted by Gasteiger charge is 2.24. The van der Waals surface area contributed by atoms with E-state index in [1.807, 2.05) is 5.32 Å². The van der Waals surface area contributed by atoms with Crippen molar-refractivity contribution >= 4 is 23.3 Å². The number of halogens is 3. The second-order valence-corrected chi connectivity index (χ2v) is 5.47. The predicted octanol–water partition coefficient (Wildman–Crippen LogP) is 3.50. The summed E-state index contributed by atoms with van der Waals surface area (Å²) in [5, 5.41) is 12.9. The Kier molecular flexibility index (Phi) is 5.78. The Labute approximate surface area is 150 Å². The van der Waals surface area contributed by atoms with Crippen molar-refractivity contribution in [2.75, 3.05) is 5.32 Å². The first-order valence-corrected chi connectivity index (χ1v) is 7.52. The lowest BCUT2D eigenvalue weighted by atomic mass is 10.1. The number of anilines is 1. The Bertz CT molecular complexity index is 933. The molecule has 0 spiro atoms. The molecule has 1 atom stereocenters. The van der Waals surface area contributed by atoms with Gasteiger partial charge in [0.15, 0.2) is 23.6 Å². The largest absolute Gasteiger partial charge is 0.449 e. The fraction of sp³-hybridized carbons (Fsp3) is 0.176. The van der Waals surface area contributed by atoms with Crippen molar-refractivity contribution < 1.29 is 32.4 Å². The van der Waals surface area contributed by atoms with Crippen LogP contribution in [0.15, 0.2) is 30.3 Å². The quantitative estimate of drug-likeness (QED) is 0.369. The smallest absolute Gasteiger partial charge is 0.339 e. The van der Waals surface area contributed by atoms with Crippen LogP contribution in [0.4, 0.5) is 24.5 Å². The van der Waals surface area contributed by atoms with E-state index in [2.05, 4.69) is 0 Å². The maximum absolute atomic E-state index is 13.6. The normalized spacial score (nSPS) is 11.6. The van der Waals surface area contributed by atoms with Crippen LogP contribution in [0.3, 0.4) is 0 Å². The summed E-state index contributed by atoms with van der Waals surface area (Å²) in [6.45, 7) is 2.51. The van der Waals surface area contributed by atoms with Crippen molar-refractivity contribution in [1.82, 2.24) is 0 Å². The van der Waals surface area contributed by atoms with Gasteiger partial charge in [-0.25, -0.2) is 18.0 Å². The van der Waals surface area contributed by atoms with E-state index in [4.69, 9.17) is 4.74 Å². The Balaban J connectivity index is 2.13. The number of ether oxygens (including phenoxy) is 1. The van der Waals surface area contributed by atoms with Gasteiger partial charge in [-0.3, -0.25) is 14.9 Å². The molecule has 7 nitrogen and oxygen atoms in total. The van der Waals surface area contributed by atoms with Gasteiger partial charge in [0.2, 0.25) is 0 Å². The van der Waals surface area contributed by atoms with E-state index in [-0.39, 0.29) is 16.8 Å². The van der Waals surface area contributed by atoms with Crippen molar-refractivity contribution in [3.8, 4) is 0 Å². The van der Waals surface area contributed by atoms with Crippen LogP contribution in [-0.4, -0.2) is 22.9 Å². The van der Waals surface area contributed by atoms with Crippen molar-refractivity contribution in [3.63, 3.8) is 0 Å². The van der Waals surface area contributed by atoms with E-state index < -0.39 is 46.0 Å². The van der Waals surface area contributed by atoms with Crippen LogP contribution in [0.5, 0.6) is 0 Å². The van der Waals surface area contributed by atoms with Gasteiger partial charge in [0.05, 0.1) is 16.2 Å². The highest BCUT2D eigenvalue weighted by atomic mass is 19.2. The first kappa shape index (κ1) is 19.9. The van der Waals surface area contributed by atoms with Crippen LogP contribution in [0.2, 0.25) is 0 Å². The SMILES string of the molecule is Cc1c(C(=O)O[C@@H](C)C(=O)Nc2ccc(F)c(F)c2F)cccc1[N+](=O)[O-]. The second-order valence-electron chi connectivity index (χ2n) is 5.47. The molecule has 0 bridgehead atoms. The maximum atomic E-state index is 13.6. The van der Waals surface area contributed by atoms with Gasteiger partial charge in [0.25, 0.3) is 11.6 Å². The number of rotatable bonds is 5. The van der Waals surface area contributed by atoms with E-state index in [1.54, 1.807) is 0 Å². The number of nitrogens with one attached hydrogen (secondary N) is 1. The predicted molar refractivity (Wildman–Crippen MR) is 87.7 cm³/mol. The lowest BCUT2D eigenvalue weighted by molar-refractivity contribution is -0.385. The van der Waals surface area contributed by atoms with E-state index in [9.17, 15) is 32.9 Å². The number of benzene rings is 2. The van der Waals surface area contributed by atoms with Crippen LogP contribution >= 0.6 is 0 Å². The molecule has 2 rings (SSSR count). The number of nitro groups is 1. The van der Waals surface area contributed by atoms with Crippen LogP contribution in [0.25, 0.3) is 0 Å². The third-order valence-corrected chi connectivity index (χ3v) is 3.67. The molecule has 142 valence electrons. The number of amides is 1. The van der Waals surface area contributed by atoms with Gasteiger partial charge in [-0.2, -0.15) is 0 Å².